The number of rotatable bonds is 3. The third-order valence-corrected chi connectivity index (χ3v) is 3.95. The van der Waals surface area contributed by atoms with Crippen LogP contribution < -0.4 is 5.32 Å². The molecule has 1 aromatic carbocycles. The topological polar surface area (TPSA) is 52.7 Å². The van der Waals surface area contributed by atoms with Gasteiger partial charge in [0.05, 0.1) is 6.54 Å². The normalized spacial score (nSPS) is 19.3. The summed E-state index contributed by atoms with van der Waals surface area (Å²) in [7, 11) is 0. The van der Waals surface area contributed by atoms with E-state index in [2.05, 4.69) is 28.4 Å². The van der Waals surface area contributed by atoms with Crippen LogP contribution in [0.4, 0.5) is 4.79 Å². The largest absolute Gasteiger partial charge is 0.336 e. The van der Waals surface area contributed by atoms with Crippen LogP contribution in [0.5, 0.6) is 0 Å². The molecular formula is C16H19N3O2. The predicted molar refractivity (Wildman–Crippen MR) is 80.6 cm³/mol. The van der Waals surface area contributed by atoms with Crippen molar-refractivity contribution < 1.29 is 9.59 Å². The number of carbonyl (C=O) groups is 2. The second kappa shape index (κ2) is 6.10. The molecule has 21 heavy (non-hydrogen) atoms. The molecule has 110 valence electrons. The van der Waals surface area contributed by atoms with Crippen molar-refractivity contribution in [2.45, 2.75) is 6.42 Å². The van der Waals surface area contributed by atoms with Crippen molar-refractivity contribution in [3.05, 3.63) is 42.0 Å². The Morgan fingerprint density at radius 1 is 1.19 bits per heavy atom. The Hall–Kier alpha value is -2.14. The molecule has 1 aromatic rings. The van der Waals surface area contributed by atoms with Crippen LogP contribution in [0.15, 0.2) is 36.4 Å². The zero-order chi connectivity index (χ0) is 14.7. The molecule has 1 fully saturated rings. The van der Waals surface area contributed by atoms with Gasteiger partial charge in [0.15, 0.2) is 0 Å². The molecule has 0 radical (unpaired) electrons. The smallest absolute Gasteiger partial charge is 0.324 e. The molecule has 1 N–H and O–H groups in total. The summed E-state index contributed by atoms with van der Waals surface area (Å²) in [6, 6.07) is 10.1. The van der Waals surface area contributed by atoms with E-state index in [0.29, 0.717) is 19.6 Å². The highest BCUT2D eigenvalue weighted by molar-refractivity contribution is 5.96. The maximum Gasteiger partial charge on any atom is 0.324 e. The first-order valence-electron chi connectivity index (χ1n) is 7.29. The van der Waals surface area contributed by atoms with Crippen LogP contribution in [0.1, 0.15) is 12.0 Å². The molecular weight excluding hydrogens is 266 g/mol. The molecule has 5 heteroatoms. The summed E-state index contributed by atoms with van der Waals surface area (Å²) in [5.74, 6) is -0.110. The van der Waals surface area contributed by atoms with Gasteiger partial charge in [0.1, 0.15) is 0 Å². The van der Waals surface area contributed by atoms with Crippen molar-refractivity contribution in [1.82, 2.24) is 15.1 Å². The molecule has 0 aliphatic carbocycles. The van der Waals surface area contributed by atoms with Crippen molar-refractivity contribution in [2.24, 2.45) is 0 Å². The molecule has 3 rings (SSSR count). The second-order valence-corrected chi connectivity index (χ2v) is 5.36. The lowest BCUT2D eigenvalue weighted by Gasteiger charge is -2.27. The molecule has 0 unspecified atom stereocenters. The fourth-order valence-corrected chi connectivity index (χ4v) is 2.76. The third kappa shape index (κ3) is 3.13. The van der Waals surface area contributed by atoms with Gasteiger partial charge >= 0.3 is 6.03 Å². The Morgan fingerprint density at radius 2 is 2.00 bits per heavy atom. The molecule has 5 nitrogen and oxygen atoms in total. The molecule has 1 saturated heterocycles. The van der Waals surface area contributed by atoms with E-state index in [0.717, 1.165) is 19.5 Å². The fourth-order valence-electron chi connectivity index (χ4n) is 2.76. The molecule has 0 aromatic heterocycles. The summed E-state index contributed by atoms with van der Waals surface area (Å²) in [5.41, 5.74) is 2.58. The summed E-state index contributed by atoms with van der Waals surface area (Å²) in [6.45, 7) is 2.96. The third-order valence-electron chi connectivity index (χ3n) is 3.95. The lowest BCUT2D eigenvalue weighted by atomic mass is 10.00. The number of nitrogens with zero attached hydrogens (tertiary/aromatic N) is 2. The van der Waals surface area contributed by atoms with Crippen LogP contribution in [0.2, 0.25) is 0 Å². The highest BCUT2D eigenvalue weighted by Crippen LogP contribution is 2.21. The van der Waals surface area contributed by atoms with E-state index in [1.807, 2.05) is 18.2 Å². The summed E-state index contributed by atoms with van der Waals surface area (Å²) < 4.78 is 0. The number of benzene rings is 1. The fraction of sp³-hybridized carbons (Fsp3) is 0.375. The summed E-state index contributed by atoms with van der Waals surface area (Å²) >= 11 is 0. The van der Waals surface area contributed by atoms with E-state index in [4.69, 9.17) is 0 Å². The number of hydrogen-bond acceptors (Lipinski definition) is 3. The van der Waals surface area contributed by atoms with Gasteiger partial charge in [-0.05, 0) is 17.6 Å². The quantitative estimate of drug-likeness (QED) is 0.911. The zero-order valence-corrected chi connectivity index (χ0v) is 11.9. The number of urea groups is 1. The Morgan fingerprint density at radius 3 is 2.62 bits per heavy atom. The van der Waals surface area contributed by atoms with E-state index < -0.39 is 0 Å². The Bertz CT molecular complexity index is 568. The van der Waals surface area contributed by atoms with Crippen molar-refractivity contribution in [3.8, 4) is 0 Å². The molecule has 2 aliphatic heterocycles. The Labute approximate surface area is 124 Å². The van der Waals surface area contributed by atoms with Crippen LogP contribution in [0.3, 0.4) is 0 Å². The van der Waals surface area contributed by atoms with Gasteiger partial charge in [-0.25, -0.2) is 4.79 Å². The van der Waals surface area contributed by atoms with E-state index >= 15 is 0 Å². The standard InChI is InChI=1S/C16H19N3O2/c20-15(19-11-8-17-16(19)21)12-18-9-6-14(7-10-18)13-4-2-1-3-5-13/h1-6H,7-12H2,(H,17,21). The minimum Gasteiger partial charge on any atom is -0.336 e. The van der Waals surface area contributed by atoms with Gasteiger partial charge in [-0.15, -0.1) is 0 Å². The average molecular weight is 285 g/mol. The molecule has 2 heterocycles. The van der Waals surface area contributed by atoms with Crippen LogP contribution in [-0.2, 0) is 4.79 Å². The van der Waals surface area contributed by atoms with E-state index in [9.17, 15) is 9.59 Å². The molecule has 0 saturated carbocycles. The zero-order valence-electron chi connectivity index (χ0n) is 11.9. The van der Waals surface area contributed by atoms with Crippen molar-refractivity contribution in [1.29, 1.82) is 0 Å². The lowest BCUT2D eigenvalue weighted by Crippen LogP contribution is -2.43. The van der Waals surface area contributed by atoms with Crippen molar-refractivity contribution >= 4 is 17.5 Å². The van der Waals surface area contributed by atoms with Gasteiger partial charge in [-0.1, -0.05) is 36.4 Å². The lowest BCUT2D eigenvalue weighted by molar-refractivity contribution is -0.128. The Kier molecular flexibility index (Phi) is 4.01. The van der Waals surface area contributed by atoms with Gasteiger partial charge in [0.2, 0.25) is 5.91 Å². The first-order valence-corrected chi connectivity index (χ1v) is 7.29. The summed E-state index contributed by atoms with van der Waals surface area (Å²) in [5, 5.41) is 2.65. The second-order valence-electron chi connectivity index (χ2n) is 5.36. The maximum absolute atomic E-state index is 12.1. The first-order chi connectivity index (χ1) is 10.2. The minimum atomic E-state index is -0.266. The highest BCUT2D eigenvalue weighted by atomic mass is 16.2. The number of carbonyl (C=O) groups excluding carboxylic acids is 2. The van der Waals surface area contributed by atoms with Crippen molar-refractivity contribution in [3.63, 3.8) is 0 Å². The van der Waals surface area contributed by atoms with E-state index in [1.165, 1.54) is 16.0 Å². The van der Waals surface area contributed by atoms with Crippen molar-refractivity contribution in [2.75, 3.05) is 32.7 Å². The average Bonchev–Trinajstić information content (AvgIpc) is 2.95. The molecule has 0 spiro atoms. The van der Waals surface area contributed by atoms with E-state index in [-0.39, 0.29) is 11.9 Å². The van der Waals surface area contributed by atoms with Crippen LogP contribution in [-0.4, -0.2) is 54.5 Å². The Balaban J connectivity index is 1.57. The summed E-state index contributed by atoms with van der Waals surface area (Å²) in [4.78, 5) is 26.9. The van der Waals surface area contributed by atoms with Crippen LogP contribution in [0.25, 0.3) is 5.57 Å². The van der Waals surface area contributed by atoms with Crippen LogP contribution in [0, 0.1) is 0 Å². The van der Waals surface area contributed by atoms with Gasteiger partial charge in [-0.3, -0.25) is 14.6 Å². The SMILES string of the molecule is O=C(CN1CC=C(c2ccccc2)CC1)N1CCNC1=O. The van der Waals surface area contributed by atoms with Gasteiger partial charge in [0, 0.05) is 26.2 Å². The number of amides is 3. The molecule has 0 atom stereocenters. The summed E-state index contributed by atoms with van der Waals surface area (Å²) in [6.07, 6.45) is 3.11. The number of hydrogen-bond donors (Lipinski definition) is 1. The van der Waals surface area contributed by atoms with Gasteiger partial charge in [-0.2, -0.15) is 0 Å². The number of imide groups is 1. The molecule has 2 aliphatic rings. The minimum absolute atomic E-state index is 0.110. The van der Waals surface area contributed by atoms with Gasteiger partial charge in [0.25, 0.3) is 0 Å². The first kappa shape index (κ1) is 13.8. The monoisotopic (exact) mass is 285 g/mol. The van der Waals surface area contributed by atoms with Gasteiger partial charge < -0.3 is 5.32 Å². The van der Waals surface area contributed by atoms with Crippen LogP contribution >= 0.6 is 0 Å². The molecule has 3 amide bonds. The highest BCUT2D eigenvalue weighted by Gasteiger charge is 2.27. The predicted octanol–water partition coefficient (Wildman–Crippen LogP) is 1.33. The van der Waals surface area contributed by atoms with E-state index in [1.54, 1.807) is 0 Å². The number of nitrogens with one attached hydrogen (secondary N) is 1. The maximum atomic E-state index is 12.1. The molecule has 0 bridgehead atoms.